The van der Waals surface area contributed by atoms with Crippen LogP contribution < -0.4 is 4.90 Å². The van der Waals surface area contributed by atoms with Crippen LogP contribution in [0.25, 0.3) is 0 Å². The first-order valence-electron chi connectivity index (χ1n) is 10.6. The maximum absolute atomic E-state index is 13.1. The third-order valence-electron chi connectivity index (χ3n) is 5.68. The van der Waals surface area contributed by atoms with Crippen molar-refractivity contribution in [3.8, 4) is 0 Å². The molecular formula is C24H23ClFeN4O3+2. The number of carbonyl (C=O) groups excluding carboxylic acids is 1. The molecule has 2 aromatic rings. The maximum Gasteiger partial charge on any atom is 2.00 e. The van der Waals surface area contributed by atoms with Crippen molar-refractivity contribution in [3.05, 3.63) is 89.3 Å². The first-order chi connectivity index (χ1) is 15.7. The molecule has 0 radical (unpaired) electrons. The van der Waals surface area contributed by atoms with E-state index in [2.05, 4.69) is 46.8 Å². The van der Waals surface area contributed by atoms with Crippen LogP contribution in [0.4, 0.5) is 5.69 Å². The van der Waals surface area contributed by atoms with Crippen molar-refractivity contribution in [1.29, 1.82) is 0 Å². The van der Waals surface area contributed by atoms with Gasteiger partial charge < -0.3 is 14.4 Å². The molecule has 6 rings (SSSR count). The zero-order valence-corrected chi connectivity index (χ0v) is 19.6. The van der Waals surface area contributed by atoms with Crippen molar-refractivity contribution in [1.82, 2.24) is 15.0 Å². The van der Waals surface area contributed by atoms with Crippen molar-refractivity contribution in [2.45, 2.75) is 24.7 Å². The minimum absolute atomic E-state index is 0. The number of halogens is 1. The minimum Gasteiger partial charge on any atom is -0.336 e. The Bertz CT molecular complexity index is 1110. The van der Waals surface area contributed by atoms with E-state index >= 15 is 0 Å². The van der Waals surface area contributed by atoms with E-state index in [9.17, 15) is 4.79 Å². The fourth-order valence-electron chi connectivity index (χ4n) is 4.12. The van der Waals surface area contributed by atoms with Crippen LogP contribution in [0.2, 0.25) is 5.02 Å². The molecule has 0 unspecified atom stereocenters. The number of ether oxygens (including phenoxy) is 2. The molecule has 170 valence electrons. The zero-order valence-electron chi connectivity index (χ0n) is 17.8. The van der Waals surface area contributed by atoms with E-state index in [-0.39, 0.29) is 28.9 Å². The van der Waals surface area contributed by atoms with Gasteiger partial charge in [0, 0.05) is 29.2 Å². The van der Waals surface area contributed by atoms with Crippen LogP contribution in [0.3, 0.4) is 0 Å². The number of anilines is 1. The maximum atomic E-state index is 13.1. The molecule has 0 N–H and O–H groups in total. The van der Waals surface area contributed by atoms with Crippen LogP contribution >= 0.6 is 11.6 Å². The number of hydrogen-bond acceptors (Lipinski definition) is 5. The Morgan fingerprint density at radius 2 is 1.79 bits per heavy atom. The number of allylic oxidation sites excluding steroid dienone is 8. The molecule has 1 spiro atoms. The molecule has 3 heterocycles. The van der Waals surface area contributed by atoms with Gasteiger partial charge in [0.05, 0.1) is 31.1 Å². The largest absolute Gasteiger partial charge is 2.00 e. The molecule has 1 amide bonds. The van der Waals surface area contributed by atoms with Gasteiger partial charge in [-0.25, -0.2) is 0 Å². The van der Waals surface area contributed by atoms with Crippen molar-refractivity contribution in [2.24, 2.45) is 0 Å². The molecule has 0 atom stereocenters. The SMILES string of the molecule is C1=CCC=C1.O=C1N(CCn2cc(C3C=CC=C3)nn2)c2ccc(Cl)cc2C12OCCO2.[Fe+2]. The Hall–Kier alpha value is -2.48. The molecule has 9 heteroatoms. The summed E-state index contributed by atoms with van der Waals surface area (Å²) in [5, 5.41) is 8.95. The summed E-state index contributed by atoms with van der Waals surface area (Å²) in [7, 11) is 0. The third kappa shape index (κ3) is 4.63. The number of nitrogens with zero attached hydrogens (tertiary/aromatic N) is 4. The fourth-order valence-corrected chi connectivity index (χ4v) is 4.29. The van der Waals surface area contributed by atoms with E-state index < -0.39 is 5.79 Å². The Kier molecular flexibility index (Phi) is 7.32. The Morgan fingerprint density at radius 1 is 1.06 bits per heavy atom. The second kappa shape index (κ2) is 10.2. The monoisotopic (exact) mass is 506 g/mol. The number of aromatic nitrogens is 3. The normalized spacial score (nSPS) is 19.3. The van der Waals surface area contributed by atoms with Crippen LogP contribution in [-0.2, 0) is 43.7 Å². The van der Waals surface area contributed by atoms with Crippen molar-refractivity contribution in [2.75, 3.05) is 24.7 Å². The van der Waals surface area contributed by atoms with Gasteiger partial charge in [-0.3, -0.25) is 9.48 Å². The predicted octanol–water partition coefficient (Wildman–Crippen LogP) is 3.89. The average Bonchev–Trinajstić information content (AvgIpc) is 3.62. The number of rotatable bonds is 4. The summed E-state index contributed by atoms with van der Waals surface area (Å²) < 4.78 is 13.2. The third-order valence-corrected chi connectivity index (χ3v) is 5.91. The Balaban J connectivity index is 0.000000385. The van der Waals surface area contributed by atoms with Crippen LogP contribution in [0, 0.1) is 0 Å². The van der Waals surface area contributed by atoms with Gasteiger partial charge in [0.15, 0.2) is 0 Å². The van der Waals surface area contributed by atoms with Gasteiger partial charge in [0.2, 0.25) is 0 Å². The smallest absolute Gasteiger partial charge is 0.336 e. The fraction of sp³-hybridized carbons (Fsp3) is 0.292. The topological polar surface area (TPSA) is 69.5 Å². The van der Waals surface area contributed by atoms with E-state index in [1.807, 2.05) is 24.4 Å². The molecule has 33 heavy (non-hydrogen) atoms. The quantitative estimate of drug-likeness (QED) is 0.589. The van der Waals surface area contributed by atoms with E-state index in [0.29, 0.717) is 36.9 Å². The molecule has 2 aliphatic heterocycles. The number of hydrogen-bond donors (Lipinski definition) is 0. The second-order valence-electron chi connectivity index (χ2n) is 7.73. The van der Waals surface area contributed by atoms with E-state index in [1.54, 1.807) is 21.7 Å². The molecule has 4 aliphatic rings. The van der Waals surface area contributed by atoms with Gasteiger partial charge in [-0.1, -0.05) is 65.4 Å². The van der Waals surface area contributed by atoms with Crippen LogP contribution in [0.15, 0.2) is 73.0 Å². The molecule has 0 bridgehead atoms. The molecule has 1 aromatic carbocycles. The summed E-state index contributed by atoms with van der Waals surface area (Å²) in [6.07, 6.45) is 19.5. The van der Waals surface area contributed by atoms with Crippen LogP contribution in [-0.4, -0.2) is 40.7 Å². The van der Waals surface area contributed by atoms with Crippen LogP contribution in [0.1, 0.15) is 23.6 Å². The summed E-state index contributed by atoms with van der Waals surface area (Å²) in [6, 6.07) is 5.34. The number of carbonyl (C=O) groups is 1. The molecule has 0 saturated carbocycles. The van der Waals surface area contributed by atoms with Gasteiger partial charge in [-0.15, -0.1) is 5.10 Å². The van der Waals surface area contributed by atoms with Crippen molar-refractivity contribution in [3.63, 3.8) is 0 Å². The second-order valence-corrected chi connectivity index (χ2v) is 8.16. The molecule has 7 nitrogen and oxygen atoms in total. The van der Waals surface area contributed by atoms with Crippen molar-refractivity contribution >= 4 is 23.2 Å². The molecule has 2 aliphatic carbocycles. The average molecular weight is 507 g/mol. The van der Waals surface area contributed by atoms with E-state index in [4.69, 9.17) is 21.1 Å². The minimum atomic E-state index is -1.37. The van der Waals surface area contributed by atoms with E-state index in [0.717, 1.165) is 17.8 Å². The molecule has 1 aromatic heterocycles. The number of fused-ring (bicyclic) bond motifs is 2. The number of amides is 1. The standard InChI is InChI=1S/C19H17ClN4O3.C5H6.Fe/c20-14-5-6-17-15(11-14)19(26-9-10-27-19)18(25)24(17)8-7-23-12-16(21-22-23)13-3-1-2-4-13;1-2-4-5-3-1;/h1-6,11-13H,7-10H2;1-4H,5H2;/q;;+2. The van der Waals surface area contributed by atoms with Gasteiger partial charge in [-0.05, 0) is 24.6 Å². The summed E-state index contributed by atoms with van der Waals surface area (Å²) in [4.78, 5) is 14.8. The first-order valence-corrected chi connectivity index (χ1v) is 11.0. The molecule has 1 saturated heterocycles. The van der Waals surface area contributed by atoms with Gasteiger partial charge in [0.25, 0.3) is 11.7 Å². The Labute approximate surface area is 207 Å². The molecular weight excluding hydrogens is 484 g/mol. The summed E-state index contributed by atoms with van der Waals surface area (Å²) in [6.45, 7) is 1.69. The van der Waals surface area contributed by atoms with Crippen molar-refractivity contribution < 1.29 is 31.3 Å². The Morgan fingerprint density at radius 3 is 2.45 bits per heavy atom. The molecule has 1 fully saturated rings. The zero-order chi connectivity index (χ0) is 22.0. The first kappa shape index (κ1) is 23.7. The van der Waals surface area contributed by atoms with E-state index in [1.165, 1.54) is 0 Å². The summed E-state index contributed by atoms with van der Waals surface area (Å²) in [5.41, 5.74) is 2.31. The van der Waals surface area contributed by atoms with Gasteiger partial charge >= 0.3 is 17.1 Å². The predicted molar refractivity (Wildman–Crippen MR) is 121 cm³/mol. The van der Waals surface area contributed by atoms with Crippen LogP contribution in [0.5, 0.6) is 0 Å². The van der Waals surface area contributed by atoms with Gasteiger partial charge in [0.1, 0.15) is 0 Å². The van der Waals surface area contributed by atoms with Gasteiger partial charge in [-0.2, -0.15) is 0 Å². The number of benzene rings is 1. The summed E-state index contributed by atoms with van der Waals surface area (Å²) in [5.74, 6) is -1.43. The summed E-state index contributed by atoms with van der Waals surface area (Å²) >= 11 is 6.14.